The van der Waals surface area contributed by atoms with Gasteiger partial charge in [0.1, 0.15) is 5.75 Å². The molecule has 0 aliphatic heterocycles. The highest BCUT2D eigenvalue weighted by Crippen LogP contribution is 2.29. The summed E-state index contributed by atoms with van der Waals surface area (Å²) in [7, 11) is 0. The fourth-order valence-corrected chi connectivity index (χ4v) is 3.14. The molecule has 1 N–H and O–H groups in total. The summed E-state index contributed by atoms with van der Waals surface area (Å²) in [5, 5.41) is 14.2. The molecule has 0 amide bonds. The molecule has 0 radical (unpaired) electrons. The van der Waals surface area contributed by atoms with E-state index < -0.39 is 0 Å². The topological polar surface area (TPSA) is 37.3 Å². The van der Waals surface area contributed by atoms with Gasteiger partial charge in [-0.3, -0.25) is 4.79 Å². The van der Waals surface area contributed by atoms with Gasteiger partial charge in [-0.05, 0) is 51.4 Å². The predicted octanol–water partition coefficient (Wildman–Crippen LogP) is 5.59. The molecule has 0 aliphatic carbocycles. The van der Waals surface area contributed by atoms with E-state index in [1.54, 1.807) is 24.3 Å². The molecule has 0 spiro atoms. The zero-order chi connectivity index (χ0) is 17.2. The van der Waals surface area contributed by atoms with E-state index in [0.717, 1.165) is 16.3 Å². The molecule has 2 heteroatoms. The number of allylic oxidation sites excluding steroid dienone is 1. The maximum Gasteiger partial charge on any atom is 0.185 e. The van der Waals surface area contributed by atoms with Crippen molar-refractivity contribution < 1.29 is 9.90 Å². The molecule has 0 bridgehead atoms. The Balaban J connectivity index is 1.81. The van der Waals surface area contributed by atoms with E-state index >= 15 is 0 Å². The van der Waals surface area contributed by atoms with Crippen molar-refractivity contribution in [2.24, 2.45) is 0 Å². The number of phenolic OH excluding ortho intramolecular Hbond substituents is 1. The molecule has 0 saturated carbocycles. The first-order chi connectivity index (χ1) is 12.2. The number of rotatable bonds is 3. The minimum absolute atomic E-state index is 0.0930. The van der Waals surface area contributed by atoms with Crippen LogP contribution < -0.4 is 0 Å². The van der Waals surface area contributed by atoms with Crippen LogP contribution in [-0.4, -0.2) is 10.9 Å². The Bertz CT molecular complexity index is 1120. The zero-order valence-electron chi connectivity index (χ0n) is 13.5. The summed E-state index contributed by atoms with van der Waals surface area (Å²) in [6.45, 7) is 0. The quantitative estimate of drug-likeness (QED) is 0.303. The van der Waals surface area contributed by atoms with E-state index in [-0.39, 0.29) is 11.5 Å². The van der Waals surface area contributed by atoms with Crippen molar-refractivity contribution in [3.8, 4) is 5.75 Å². The normalized spacial score (nSPS) is 11.4. The van der Waals surface area contributed by atoms with Gasteiger partial charge in [-0.25, -0.2) is 0 Å². The monoisotopic (exact) mass is 324 g/mol. The first kappa shape index (κ1) is 15.2. The summed E-state index contributed by atoms with van der Waals surface area (Å²) >= 11 is 0. The number of fused-ring (bicyclic) bond motifs is 3. The summed E-state index contributed by atoms with van der Waals surface area (Å²) in [6.07, 6.45) is 3.41. The van der Waals surface area contributed by atoms with Crippen molar-refractivity contribution in [1.82, 2.24) is 0 Å². The van der Waals surface area contributed by atoms with Crippen molar-refractivity contribution in [2.75, 3.05) is 0 Å². The van der Waals surface area contributed by atoms with Crippen LogP contribution in [-0.2, 0) is 0 Å². The summed E-state index contributed by atoms with van der Waals surface area (Å²) < 4.78 is 0. The highest BCUT2D eigenvalue weighted by Gasteiger charge is 2.06. The Labute approximate surface area is 145 Å². The number of benzene rings is 4. The predicted molar refractivity (Wildman–Crippen MR) is 103 cm³/mol. The molecule has 0 unspecified atom stereocenters. The first-order valence-electron chi connectivity index (χ1n) is 8.14. The highest BCUT2D eigenvalue weighted by molar-refractivity contribution is 6.13. The Hall–Kier alpha value is -3.39. The average Bonchev–Trinajstić information content (AvgIpc) is 2.66. The molecule has 0 aliphatic rings. The molecule has 4 rings (SSSR count). The van der Waals surface area contributed by atoms with Gasteiger partial charge in [0, 0.05) is 5.56 Å². The SMILES string of the molecule is O=C(/C=C/c1cc2ccccc2c2ccccc12)c1cccc(O)c1. The molecule has 0 atom stereocenters. The molecule has 0 saturated heterocycles. The van der Waals surface area contributed by atoms with Crippen LogP contribution in [0.4, 0.5) is 0 Å². The van der Waals surface area contributed by atoms with Gasteiger partial charge >= 0.3 is 0 Å². The lowest BCUT2D eigenvalue weighted by Gasteiger charge is -2.07. The van der Waals surface area contributed by atoms with Gasteiger partial charge < -0.3 is 5.11 Å². The van der Waals surface area contributed by atoms with E-state index in [4.69, 9.17) is 0 Å². The van der Waals surface area contributed by atoms with Gasteiger partial charge in [-0.1, -0.05) is 66.7 Å². The van der Waals surface area contributed by atoms with Crippen LogP contribution in [0.2, 0.25) is 0 Å². The Morgan fingerprint density at radius 2 is 1.48 bits per heavy atom. The summed E-state index contributed by atoms with van der Waals surface area (Å²) in [5.74, 6) is -0.0384. The number of hydrogen-bond acceptors (Lipinski definition) is 2. The van der Waals surface area contributed by atoms with E-state index in [1.807, 2.05) is 30.3 Å². The van der Waals surface area contributed by atoms with E-state index in [9.17, 15) is 9.90 Å². The molecule has 25 heavy (non-hydrogen) atoms. The van der Waals surface area contributed by atoms with E-state index in [1.165, 1.54) is 16.8 Å². The van der Waals surface area contributed by atoms with Crippen molar-refractivity contribution >= 4 is 33.4 Å². The summed E-state index contributed by atoms with van der Waals surface area (Å²) in [6, 6.07) is 25.0. The maximum atomic E-state index is 12.4. The van der Waals surface area contributed by atoms with Crippen LogP contribution in [0.25, 0.3) is 27.6 Å². The highest BCUT2D eigenvalue weighted by atomic mass is 16.3. The van der Waals surface area contributed by atoms with Gasteiger partial charge in [0.25, 0.3) is 0 Å². The molecular formula is C23H16O2. The third kappa shape index (κ3) is 2.90. The molecule has 0 aromatic heterocycles. The van der Waals surface area contributed by atoms with Gasteiger partial charge in [0.05, 0.1) is 0 Å². The largest absolute Gasteiger partial charge is 0.508 e. The smallest absolute Gasteiger partial charge is 0.185 e. The molecular weight excluding hydrogens is 308 g/mol. The second kappa shape index (κ2) is 6.25. The summed E-state index contributed by atoms with van der Waals surface area (Å²) in [5.41, 5.74) is 1.48. The van der Waals surface area contributed by atoms with Crippen molar-refractivity contribution in [3.63, 3.8) is 0 Å². The third-order valence-electron chi connectivity index (χ3n) is 4.34. The van der Waals surface area contributed by atoms with E-state index in [2.05, 4.69) is 30.3 Å². The van der Waals surface area contributed by atoms with Crippen LogP contribution in [0, 0.1) is 0 Å². The fraction of sp³-hybridized carbons (Fsp3) is 0. The Morgan fingerprint density at radius 3 is 2.28 bits per heavy atom. The Morgan fingerprint density at radius 1 is 0.760 bits per heavy atom. The minimum atomic E-state index is -0.131. The van der Waals surface area contributed by atoms with Crippen molar-refractivity contribution in [3.05, 3.63) is 96.1 Å². The number of phenols is 1. The first-order valence-corrected chi connectivity index (χ1v) is 8.14. The lowest BCUT2D eigenvalue weighted by molar-refractivity contribution is 0.104. The van der Waals surface area contributed by atoms with Gasteiger partial charge in [0.15, 0.2) is 5.78 Å². The van der Waals surface area contributed by atoms with Gasteiger partial charge in [-0.2, -0.15) is 0 Å². The number of carbonyl (C=O) groups excluding carboxylic acids is 1. The number of ketones is 1. The van der Waals surface area contributed by atoms with Crippen LogP contribution in [0.3, 0.4) is 0 Å². The van der Waals surface area contributed by atoms with Crippen LogP contribution >= 0.6 is 0 Å². The molecule has 4 aromatic carbocycles. The van der Waals surface area contributed by atoms with E-state index in [0.29, 0.717) is 5.56 Å². The van der Waals surface area contributed by atoms with Crippen molar-refractivity contribution in [1.29, 1.82) is 0 Å². The second-order valence-electron chi connectivity index (χ2n) is 5.98. The minimum Gasteiger partial charge on any atom is -0.508 e. The second-order valence-corrected chi connectivity index (χ2v) is 5.98. The number of hydrogen-bond donors (Lipinski definition) is 1. The molecule has 0 fully saturated rings. The fourth-order valence-electron chi connectivity index (χ4n) is 3.14. The van der Waals surface area contributed by atoms with Crippen LogP contribution in [0.15, 0.2) is 84.9 Å². The molecule has 2 nitrogen and oxygen atoms in total. The molecule has 0 heterocycles. The zero-order valence-corrected chi connectivity index (χ0v) is 13.5. The number of carbonyl (C=O) groups is 1. The number of aromatic hydroxyl groups is 1. The Kier molecular flexibility index (Phi) is 3.79. The lowest BCUT2D eigenvalue weighted by atomic mass is 9.96. The molecule has 4 aromatic rings. The summed E-state index contributed by atoms with van der Waals surface area (Å²) in [4.78, 5) is 12.4. The van der Waals surface area contributed by atoms with Gasteiger partial charge in [-0.15, -0.1) is 0 Å². The maximum absolute atomic E-state index is 12.4. The lowest BCUT2D eigenvalue weighted by Crippen LogP contribution is -1.93. The standard InChI is InChI=1S/C23H16O2/c24-19-8-5-7-18(15-19)23(25)13-12-17-14-16-6-1-2-9-20(16)22-11-4-3-10-21(17)22/h1-15,24H/b13-12+. The third-order valence-corrected chi connectivity index (χ3v) is 4.34. The van der Waals surface area contributed by atoms with Crippen LogP contribution in [0.5, 0.6) is 5.75 Å². The molecule has 120 valence electrons. The van der Waals surface area contributed by atoms with Crippen LogP contribution in [0.1, 0.15) is 15.9 Å². The van der Waals surface area contributed by atoms with Gasteiger partial charge in [0.2, 0.25) is 0 Å². The van der Waals surface area contributed by atoms with Crippen molar-refractivity contribution in [2.45, 2.75) is 0 Å². The average molecular weight is 324 g/mol.